The van der Waals surface area contributed by atoms with Crippen molar-refractivity contribution < 1.29 is 22.7 Å². The summed E-state index contributed by atoms with van der Waals surface area (Å²) in [6.07, 6.45) is 3.57. The molecule has 2 heterocycles. The smallest absolute Gasteiger partial charge is 0.246 e. The summed E-state index contributed by atoms with van der Waals surface area (Å²) in [5.74, 6) is 0.474. The molecular weight excluding hydrogens is 456 g/mol. The summed E-state index contributed by atoms with van der Waals surface area (Å²) >= 11 is 0. The molecule has 3 rings (SSSR count). The molecule has 10 heteroatoms. The molecule has 0 bridgehead atoms. The molecule has 0 saturated carbocycles. The van der Waals surface area contributed by atoms with Crippen LogP contribution in [0, 0.1) is 13.8 Å². The molecule has 1 unspecified atom stereocenters. The zero-order chi connectivity index (χ0) is 24.7. The lowest BCUT2D eigenvalue weighted by Crippen LogP contribution is -2.40. The van der Waals surface area contributed by atoms with E-state index in [-0.39, 0.29) is 36.6 Å². The van der Waals surface area contributed by atoms with Gasteiger partial charge in [-0.3, -0.25) is 9.69 Å². The number of rotatable bonds is 12. The minimum absolute atomic E-state index is 0.0707. The van der Waals surface area contributed by atoms with Gasteiger partial charge in [0.1, 0.15) is 12.4 Å². The number of nitrogens with one attached hydrogen (secondary N) is 1. The minimum atomic E-state index is -3.67. The van der Waals surface area contributed by atoms with Gasteiger partial charge in [0.2, 0.25) is 15.9 Å². The molecule has 2 aliphatic rings. The van der Waals surface area contributed by atoms with Crippen LogP contribution < -0.4 is 10.1 Å². The first-order valence-electron chi connectivity index (χ1n) is 12.1. The highest BCUT2D eigenvalue weighted by Crippen LogP contribution is 2.27. The normalized spacial score (nSPS) is 19.7. The van der Waals surface area contributed by atoms with E-state index in [2.05, 4.69) is 15.1 Å². The summed E-state index contributed by atoms with van der Waals surface area (Å²) in [6, 6.07) is 3.58. The van der Waals surface area contributed by atoms with Crippen LogP contribution >= 0.6 is 0 Å². The maximum absolute atomic E-state index is 13.0. The molecule has 0 aromatic heterocycles. The quantitative estimate of drug-likeness (QED) is 0.435. The molecule has 192 valence electrons. The number of hydrogen-bond acceptors (Lipinski definition) is 7. The fraction of sp³-hybridized carbons (Fsp3) is 0.708. The van der Waals surface area contributed by atoms with Gasteiger partial charge in [-0.1, -0.05) is 0 Å². The Hall–Kier alpha value is -1.72. The van der Waals surface area contributed by atoms with Crippen LogP contribution in [0.25, 0.3) is 0 Å². The van der Waals surface area contributed by atoms with Crippen LogP contribution in [0.1, 0.15) is 30.4 Å². The minimum Gasteiger partial charge on any atom is -0.497 e. The molecule has 1 N–H and O–H groups in total. The molecule has 2 aliphatic heterocycles. The summed E-state index contributed by atoms with van der Waals surface area (Å²) in [5.41, 5.74) is 1.27. The third-order valence-electron chi connectivity index (χ3n) is 6.69. The molecule has 1 aromatic carbocycles. The molecular formula is C24H40N4O5S. The molecule has 0 radical (unpaired) electrons. The van der Waals surface area contributed by atoms with E-state index in [0.717, 1.165) is 32.6 Å². The van der Waals surface area contributed by atoms with Crippen LogP contribution in [0.5, 0.6) is 5.75 Å². The highest BCUT2D eigenvalue weighted by atomic mass is 32.2. The maximum atomic E-state index is 13.0. The van der Waals surface area contributed by atoms with E-state index >= 15 is 0 Å². The van der Waals surface area contributed by atoms with Gasteiger partial charge in [-0.15, -0.1) is 0 Å². The average Bonchev–Trinajstić information content (AvgIpc) is 3.46. The third-order valence-corrected chi connectivity index (χ3v) is 8.85. The number of likely N-dealkylation sites (tertiary alicyclic amines) is 2. The Morgan fingerprint density at radius 1 is 1.12 bits per heavy atom. The first kappa shape index (κ1) is 26.9. The Labute approximate surface area is 204 Å². The van der Waals surface area contributed by atoms with Crippen molar-refractivity contribution in [2.45, 2.75) is 44.0 Å². The molecule has 0 spiro atoms. The molecule has 2 fully saturated rings. The molecule has 1 aromatic rings. The summed E-state index contributed by atoms with van der Waals surface area (Å²) in [6.45, 7) is 10.2. The van der Waals surface area contributed by atoms with Gasteiger partial charge in [-0.25, -0.2) is 8.42 Å². The van der Waals surface area contributed by atoms with Crippen LogP contribution in [0.15, 0.2) is 17.0 Å². The number of hydrogen-bond donors (Lipinski definition) is 1. The number of carbonyl (C=O) groups excluding carboxylic acids is 1. The number of amides is 1. The Morgan fingerprint density at radius 3 is 2.41 bits per heavy atom. The van der Waals surface area contributed by atoms with Crippen molar-refractivity contribution in [1.29, 1.82) is 0 Å². The predicted molar refractivity (Wildman–Crippen MR) is 132 cm³/mol. The van der Waals surface area contributed by atoms with Crippen molar-refractivity contribution in [3.05, 3.63) is 23.3 Å². The molecule has 34 heavy (non-hydrogen) atoms. The summed E-state index contributed by atoms with van der Waals surface area (Å²) in [5, 5.41) is 3.04. The second-order valence-corrected chi connectivity index (χ2v) is 11.4. The van der Waals surface area contributed by atoms with Crippen molar-refractivity contribution in [2.75, 3.05) is 73.2 Å². The third kappa shape index (κ3) is 7.14. The highest BCUT2D eigenvalue weighted by molar-refractivity contribution is 7.89. The van der Waals surface area contributed by atoms with Gasteiger partial charge in [0, 0.05) is 45.8 Å². The van der Waals surface area contributed by atoms with Gasteiger partial charge in [-0.05, 0) is 69.5 Å². The molecule has 9 nitrogen and oxygen atoms in total. The monoisotopic (exact) mass is 496 g/mol. The van der Waals surface area contributed by atoms with E-state index in [0.29, 0.717) is 16.9 Å². The lowest BCUT2D eigenvalue weighted by atomic mass is 10.1. The fourth-order valence-electron chi connectivity index (χ4n) is 4.78. The van der Waals surface area contributed by atoms with Crippen molar-refractivity contribution in [3.63, 3.8) is 0 Å². The van der Waals surface area contributed by atoms with Crippen molar-refractivity contribution in [3.8, 4) is 5.75 Å². The lowest BCUT2D eigenvalue weighted by molar-refractivity contribution is -0.126. The molecule has 2 saturated heterocycles. The summed E-state index contributed by atoms with van der Waals surface area (Å²) in [4.78, 5) is 17.5. The van der Waals surface area contributed by atoms with Crippen molar-refractivity contribution in [1.82, 2.24) is 19.4 Å². The zero-order valence-corrected chi connectivity index (χ0v) is 21.8. The van der Waals surface area contributed by atoms with Crippen molar-refractivity contribution >= 4 is 15.9 Å². The maximum Gasteiger partial charge on any atom is 0.246 e. The highest BCUT2D eigenvalue weighted by Gasteiger charge is 2.26. The number of sulfonamides is 1. The Balaban J connectivity index is 1.36. The van der Waals surface area contributed by atoms with E-state index in [9.17, 15) is 13.2 Å². The lowest BCUT2D eigenvalue weighted by Gasteiger charge is -2.21. The van der Waals surface area contributed by atoms with E-state index in [4.69, 9.17) is 9.47 Å². The Bertz CT molecular complexity index is 910. The first-order valence-corrected chi connectivity index (χ1v) is 13.6. The van der Waals surface area contributed by atoms with Gasteiger partial charge in [0.25, 0.3) is 0 Å². The largest absolute Gasteiger partial charge is 0.497 e. The number of methoxy groups -OCH3 is 1. The van der Waals surface area contributed by atoms with Gasteiger partial charge in [-0.2, -0.15) is 4.31 Å². The predicted octanol–water partition coefficient (Wildman–Crippen LogP) is 1.24. The Morgan fingerprint density at radius 2 is 1.76 bits per heavy atom. The molecule has 1 amide bonds. The van der Waals surface area contributed by atoms with Crippen molar-refractivity contribution in [2.24, 2.45) is 0 Å². The first-order chi connectivity index (χ1) is 16.2. The van der Waals surface area contributed by atoms with E-state index in [1.165, 1.54) is 37.3 Å². The standard InChI is InChI=1S/C24H40N4O5S/c1-19-15-22(32-4)16-20(2)24(19)34(30,31)26(3)13-14-33-18-23(29)25-21-7-10-28(17-21)12-11-27-8-5-6-9-27/h15-16,21H,5-14,17-18H2,1-4H3,(H,25,29). The summed E-state index contributed by atoms with van der Waals surface area (Å²) < 4.78 is 38.1. The average molecular weight is 497 g/mol. The number of aryl methyl sites for hydroxylation is 2. The number of likely N-dealkylation sites (N-methyl/N-ethyl adjacent to an activating group) is 1. The zero-order valence-electron chi connectivity index (χ0n) is 21.0. The number of ether oxygens (including phenoxy) is 2. The van der Waals surface area contributed by atoms with E-state index in [1.807, 2.05) is 0 Å². The van der Waals surface area contributed by atoms with Crippen LogP contribution in [-0.2, 0) is 19.6 Å². The van der Waals surface area contributed by atoms with E-state index in [1.54, 1.807) is 33.1 Å². The number of benzene rings is 1. The van der Waals surface area contributed by atoms with Gasteiger partial charge in [0.15, 0.2) is 0 Å². The van der Waals surface area contributed by atoms with Gasteiger partial charge in [0.05, 0.1) is 18.6 Å². The van der Waals surface area contributed by atoms with Gasteiger partial charge >= 0.3 is 0 Å². The molecule has 0 aliphatic carbocycles. The van der Waals surface area contributed by atoms with Gasteiger partial charge < -0.3 is 19.7 Å². The Kier molecular flexibility index (Phi) is 9.73. The summed E-state index contributed by atoms with van der Waals surface area (Å²) in [7, 11) is -0.594. The van der Waals surface area contributed by atoms with E-state index < -0.39 is 10.0 Å². The number of carbonyl (C=O) groups is 1. The van der Waals surface area contributed by atoms with Crippen LogP contribution in [0.2, 0.25) is 0 Å². The van der Waals surface area contributed by atoms with Crippen LogP contribution in [0.3, 0.4) is 0 Å². The topological polar surface area (TPSA) is 91.4 Å². The second kappa shape index (κ2) is 12.3. The SMILES string of the molecule is COc1cc(C)c(S(=O)(=O)N(C)CCOCC(=O)NC2CCN(CCN3CCCC3)C2)c(C)c1. The second-order valence-electron chi connectivity index (χ2n) is 9.37. The number of nitrogens with zero attached hydrogens (tertiary/aromatic N) is 3. The fourth-order valence-corrected chi connectivity index (χ4v) is 6.34. The van der Waals surface area contributed by atoms with Crippen LogP contribution in [0.4, 0.5) is 0 Å². The molecule has 1 atom stereocenters. The van der Waals surface area contributed by atoms with Crippen LogP contribution in [-0.4, -0.2) is 108 Å².